The molecule has 128 valence electrons. The minimum atomic E-state index is -3.48. The molecule has 0 amide bonds. The summed E-state index contributed by atoms with van der Waals surface area (Å²) in [6, 6.07) is 14.8. The topological polar surface area (TPSA) is 40.6 Å². The first-order valence-electron chi connectivity index (χ1n) is 7.44. The van der Waals surface area contributed by atoms with Gasteiger partial charge in [0.1, 0.15) is 0 Å². The van der Waals surface area contributed by atoms with Gasteiger partial charge in [0, 0.05) is 43.8 Å². The van der Waals surface area contributed by atoms with E-state index in [1.165, 1.54) is 9.71 Å². The van der Waals surface area contributed by atoms with E-state index >= 15 is 0 Å². The van der Waals surface area contributed by atoms with Gasteiger partial charge in [0.2, 0.25) is 10.0 Å². The fraction of sp³-hybridized carbons (Fsp3) is 0.222. The van der Waals surface area contributed by atoms with Gasteiger partial charge in [-0.05, 0) is 41.5 Å². The molecule has 0 aliphatic rings. The average molecular weight is 365 g/mol. The molecule has 0 spiro atoms. The summed E-state index contributed by atoms with van der Waals surface area (Å²) in [6.07, 6.45) is 1.57. The third kappa shape index (κ3) is 5.09. The van der Waals surface area contributed by atoms with Crippen molar-refractivity contribution in [3.8, 4) is 0 Å². The van der Waals surface area contributed by atoms with Crippen LogP contribution >= 0.6 is 11.6 Å². The van der Waals surface area contributed by atoms with Crippen LogP contribution in [-0.2, 0) is 16.6 Å². The Morgan fingerprint density at radius 1 is 0.958 bits per heavy atom. The molecule has 0 unspecified atom stereocenters. The molecule has 0 saturated heterocycles. The molecule has 2 aromatic rings. The summed E-state index contributed by atoms with van der Waals surface area (Å²) in [4.78, 5) is 2.00. The molecule has 2 rings (SSSR count). The van der Waals surface area contributed by atoms with Gasteiger partial charge >= 0.3 is 0 Å². The maximum Gasteiger partial charge on any atom is 0.236 e. The summed E-state index contributed by atoms with van der Waals surface area (Å²) < 4.78 is 26.0. The quantitative estimate of drug-likeness (QED) is 0.782. The molecule has 0 heterocycles. The SMILES string of the molecule is CN(C)c1ccc(CN(C)S(=O)(=O)/C=C/c2ccc(Cl)cc2)cc1. The number of hydrogen-bond acceptors (Lipinski definition) is 3. The van der Waals surface area contributed by atoms with E-state index in [0.29, 0.717) is 11.6 Å². The Hall–Kier alpha value is -1.82. The summed E-state index contributed by atoms with van der Waals surface area (Å²) in [6.45, 7) is 0.320. The molecule has 4 nitrogen and oxygen atoms in total. The van der Waals surface area contributed by atoms with Gasteiger partial charge in [-0.25, -0.2) is 8.42 Å². The van der Waals surface area contributed by atoms with E-state index in [-0.39, 0.29) is 0 Å². The number of benzene rings is 2. The van der Waals surface area contributed by atoms with Crippen molar-refractivity contribution in [1.29, 1.82) is 0 Å². The van der Waals surface area contributed by atoms with Crippen LogP contribution in [0.25, 0.3) is 6.08 Å². The van der Waals surface area contributed by atoms with E-state index in [2.05, 4.69) is 0 Å². The van der Waals surface area contributed by atoms with Gasteiger partial charge in [-0.1, -0.05) is 35.9 Å². The minimum Gasteiger partial charge on any atom is -0.378 e. The molecule has 0 N–H and O–H groups in total. The van der Waals surface area contributed by atoms with Crippen molar-refractivity contribution in [2.45, 2.75) is 6.54 Å². The molecule has 0 aliphatic carbocycles. The monoisotopic (exact) mass is 364 g/mol. The largest absolute Gasteiger partial charge is 0.378 e. The molecule has 6 heteroatoms. The van der Waals surface area contributed by atoms with Crippen molar-refractivity contribution < 1.29 is 8.42 Å². The zero-order valence-corrected chi connectivity index (χ0v) is 15.6. The highest BCUT2D eigenvalue weighted by molar-refractivity contribution is 7.92. The highest BCUT2D eigenvalue weighted by Gasteiger charge is 2.14. The molecular formula is C18H21ClN2O2S. The Morgan fingerprint density at radius 2 is 1.54 bits per heavy atom. The second-order valence-corrected chi connectivity index (χ2v) is 8.08. The first-order valence-corrected chi connectivity index (χ1v) is 9.32. The number of sulfonamides is 1. The minimum absolute atomic E-state index is 0.320. The van der Waals surface area contributed by atoms with E-state index in [0.717, 1.165) is 16.8 Å². The van der Waals surface area contributed by atoms with Gasteiger partial charge in [0.15, 0.2) is 0 Å². The van der Waals surface area contributed by atoms with Crippen molar-refractivity contribution in [3.05, 3.63) is 70.1 Å². The lowest BCUT2D eigenvalue weighted by molar-refractivity contribution is 0.475. The molecule has 0 aromatic heterocycles. The van der Waals surface area contributed by atoms with Crippen molar-refractivity contribution in [1.82, 2.24) is 4.31 Å². The molecule has 0 aliphatic heterocycles. The molecule has 0 radical (unpaired) electrons. The molecule has 24 heavy (non-hydrogen) atoms. The van der Waals surface area contributed by atoms with Crippen molar-refractivity contribution in [2.75, 3.05) is 26.0 Å². The van der Waals surface area contributed by atoms with Crippen LogP contribution in [0.3, 0.4) is 0 Å². The highest BCUT2D eigenvalue weighted by atomic mass is 35.5. The fourth-order valence-electron chi connectivity index (χ4n) is 2.09. The number of halogens is 1. The summed E-state index contributed by atoms with van der Waals surface area (Å²) in [7, 11) is 2.02. The van der Waals surface area contributed by atoms with E-state index < -0.39 is 10.0 Å². The smallest absolute Gasteiger partial charge is 0.236 e. The summed E-state index contributed by atoms with van der Waals surface area (Å²) >= 11 is 5.82. The highest BCUT2D eigenvalue weighted by Crippen LogP contribution is 2.16. The maximum absolute atomic E-state index is 12.4. The Kier molecular flexibility index (Phi) is 6.04. The van der Waals surface area contributed by atoms with E-state index in [1.54, 1.807) is 37.4 Å². The van der Waals surface area contributed by atoms with Crippen molar-refractivity contribution >= 4 is 33.4 Å². The van der Waals surface area contributed by atoms with Gasteiger partial charge in [0.05, 0.1) is 0 Å². The Labute approximate surface area is 149 Å². The number of nitrogens with zero attached hydrogens (tertiary/aromatic N) is 2. The van der Waals surface area contributed by atoms with Crippen LogP contribution in [0.4, 0.5) is 5.69 Å². The predicted molar refractivity (Wildman–Crippen MR) is 102 cm³/mol. The number of rotatable bonds is 6. The molecule has 2 aromatic carbocycles. The average Bonchev–Trinajstić information content (AvgIpc) is 2.55. The van der Waals surface area contributed by atoms with Gasteiger partial charge in [-0.2, -0.15) is 4.31 Å². The van der Waals surface area contributed by atoms with Crippen LogP contribution in [0.1, 0.15) is 11.1 Å². The third-order valence-electron chi connectivity index (χ3n) is 3.59. The maximum atomic E-state index is 12.4. The molecular weight excluding hydrogens is 344 g/mol. The lowest BCUT2D eigenvalue weighted by atomic mass is 10.2. The van der Waals surface area contributed by atoms with Crippen LogP contribution < -0.4 is 4.90 Å². The van der Waals surface area contributed by atoms with Gasteiger partial charge < -0.3 is 4.90 Å². The third-order valence-corrected chi connectivity index (χ3v) is 5.32. The standard InChI is InChI=1S/C18H21ClN2O2S/c1-20(2)18-10-6-16(7-11-18)14-21(3)24(22,23)13-12-15-4-8-17(19)9-5-15/h4-13H,14H2,1-3H3/b13-12+. The van der Waals surface area contributed by atoms with Crippen molar-refractivity contribution in [3.63, 3.8) is 0 Å². The summed E-state index contributed by atoms with van der Waals surface area (Å²) in [5, 5.41) is 1.83. The number of anilines is 1. The second-order valence-electron chi connectivity index (χ2n) is 5.72. The predicted octanol–water partition coefficient (Wildman–Crippen LogP) is 3.84. The normalized spacial score (nSPS) is 12.0. The van der Waals surface area contributed by atoms with Crippen LogP contribution in [-0.4, -0.2) is 33.9 Å². The first-order chi connectivity index (χ1) is 11.3. The second kappa shape index (κ2) is 7.83. The Balaban J connectivity index is 2.06. The summed E-state index contributed by atoms with van der Waals surface area (Å²) in [5.74, 6) is 0. The van der Waals surface area contributed by atoms with E-state index in [9.17, 15) is 8.42 Å². The summed E-state index contributed by atoms with van der Waals surface area (Å²) in [5.41, 5.74) is 2.80. The van der Waals surface area contributed by atoms with Gasteiger partial charge in [-0.3, -0.25) is 0 Å². The van der Waals surface area contributed by atoms with E-state index in [1.807, 2.05) is 43.3 Å². The fourth-order valence-corrected chi connectivity index (χ4v) is 3.08. The molecule has 0 bridgehead atoms. The van der Waals surface area contributed by atoms with Crippen LogP contribution in [0, 0.1) is 0 Å². The zero-order valence-electron chi connectivity index (χ0n) is 14.0. The van der Waals surface area contributed by atoms with E-state index in [4.69, 9.17) is 11.6 Å². The Bertz CT molecular complexity index is 798. The first kappa shape index (κ1) is 18.5. The lowest BCUT2D eigenvalue weighted by Gasteiger charge is -2.16. The van der Waals surface area contributed by atoms with Crippen LogP contribution in [0.5, 0.6) is 0 Å². The molecule has 0 fully saturated rings. The zero-order chi connectivity index (χ0) is 17.7. The van der Waals surface area contributed by atoms with Gasteiger partial charge in [-0.15, -0.1) is 0 Å². The molecule has 0 saturated carbocycles. The van der Waals surface area contributed by atoms with Gasteiger partial charge in [0.25, 0.3) is 0 Å². The lowest BCUT2D eigenvalue weighted by Crippen LogP contribution is -2.24. The Morgan fingerprint density at radius 3 is 2.08 bits per heavy atom. The van der Waals surface area contributed by atoms with Crippen LogP contribution in [0.15, 0.2) is 53.9 Å². The number of hydrogen-bond donors (Lipinski definition) is 0. The van der Waals surface area contributed by atoms with Crippen LogP contribution in [0.2, 0.25) is 5.02 Å². The van der Waals surface area contributed by atoms with Crippen molar-refractivity contribution in [2.24, 2.45) is 0 Å². The molecule has 0 atom stereocenters.